The molecule has 3 nitrogen and oxygen atoms in total. The van der Waals surface area contributed by atoms with Crippen molar-refractivity contribution in [3.8, 4) is 11.5 Å². The van der Waals surface area contributed by atoms with Gasteiger partial charge in [-0.15, -0.1) is 13.2 Å². The summed E-state index contributed by atoms with van der Waals surface area (Å²) >= 11 is 0. The van der Waals surface area contributed by atoms with Crippen molar-refractivity contribution >= 4 is 11.9 Å². The second-order valence-electron chi connectivity index (χ2n) is 4.33. The van der Waals surface area contributed by atoms with E-state index >= 15 is 0 Å². The summed E-state index contributed by atoms with van der Waals surface area (Å²) in [7, 11) is 0. The highest BCUT2D eigenvalue weighted by Crippen LogP contribution is 2.27. The first-order chi connectivity index (χ1) is 10.3. The van der Waals surface area contributed by atoms with Gasteiger partial charge < -0.3 is 9.84 Å². The molecule has 0 aliphatic carbocycles. The molecule has 1 N–H and O–H groups in total. The second kappa shape index (κ2) is 6.34. The predicted molar refractivity (Wildman–Crippen MR) is 74.6 cm³/mol. The summed E-state index contributed by atoms with van der Waals surface area (Å²) in [6, 6.07) is 11.0. The maximum absolute atomic E-state index is 12.3. The Morgan fingerprint density at radius 2 is 1.68 bits per heavy atom. The van der Waals surface area contributed by atoms with E-state index in [1.54, 1.807) is 0 Å². The van der Waals surface area contributed by atoms with Crippen LogP contribution in [0.3, 0.4) is 0 Å². The number of rotatable bonds is 4. The zero-order valence-corrected chi connectivity index (χ0v) is 11.2. The molecule has 0 radical (unpaired) electrons. The van der Waals surface area contributed by atoms with Gasteiger partial charge in [0.05, 0.1) is 0 Å². The van der Waals surface area contributed by atoms with E-state index in [4.69, 9.17) is 5.11 Å². The van der Waals surface area contributed by atoms with Gasteiger partial charge in [0.2, 0.25) is 0 Å². The van der Waals surface area contributed by atoms with Gasteiger partial charge in [-0.1, -0.05) is 18.2 Å². The highest BCUT2D eigenvalue weighted by Gasteiger charge is 2.31. The van der Waals surface area contributed by atoms with Gasteiger partial charge in [-0.25, -0.2) is 0 Å². The fourth-order valence-corrected chi connectivity index (χ4v) is 1.72. The number of hydrogen-bond acceptors (Lipinski definition) is 3. The predicted octanol–water partition coefficient (Wildman–Crippen LogP) is 4.19. The maximum atomic E-state index is 12.3. The summed E-state index contributed by atoms with van der Waals surface area (Å²) in [6.45, 7) is 0. The van der Waals surface area contributed by atoms with Crippen LogP contribution in [0.15, 0.2) is 54.6 Å². The number of carbonyl (C=O) groups excluding carboxylic acids is 1. The Labute approximate surface area is 124 Å². The molecular formula is C16H11F3O3. The third-order valence-corrected chi connectivity index (χ3v) is 2.71. The minimum absolute atomic E-state index is 0.0180. The monoisotopic (exact) mass is 308 g/mol. The molecule has 0 aliphatic heterocycles. The van der Waals surface area contributed by atoms with Crippen LogP contribution >= 0.6 is 0 Å². The van der Waals surface area contributed by atoms with Crippen molar-refractivity contribution in [1.82, 2.24) is 0 Å². The largest absolute Gasteiger partial charge is 0.573 e. The van der Waals surface area contributed by atoms with Crippen molar-refractivity contribution in [2.45, 2.75) is 6.36 Å². The van der Waals surface area contributed by atoms with Gasteiger partial charge in [0.1, 0.15) is 11.5 Å². The lowest BCUT2D eigenvalue weighted by Crippen LogP contribution is -2.17. The molecule has 0 saturated heterocycles. The molecule has 0 fully saturated rings. The normalized spacial score (nSPS) is 11.6. The number of halogens is 3. The van der Waals surface area contributed by atoms with Gasteiger partial charge in [-0.05, 0) is 42.5 Å². The van der Waals surface area contributed by atoms with Crippen molar-refractivity contribution in [3.05, 3.63) is 65.7 Å². The number of phenols is 1. The van der Waals surface area contributed by atoms with E-state index in [2.05, 4.69) is 4.74 Å². The second-order valence-corrected chi connectivity index (χ2v) is 4.33. The molecule has 0 heterocycles. The molecule has 0 unspecified atom stereocenters. The van der Waals surface area contributed by atoms with Crippen LogP contribution in [0, 0.1) is 0 Å². The van der Waals surface area contributed by atoms with Crippen molar-refractivity contribution in [3.63, 3.8) is 0 Å². The zero-order valence-electron chi connectivity index (χ0n) is 11.2. The first kappa shape index (κ1) is 15.6. The molecule has 0 aliphatic rings. The summed E-state index contributed by atoms with van der Waals surface area (Å²) in [4.78, 5) is 11.9. The van der Waals surface area contributed by atoms with Gasteiger partial charge in [-0.2, -0.15) is 0 Å². The first-order valence-corrected chi connectivity index (χ1v) is 6.21. The molecule has 0 aromatic heterocycles. The van der Waals surface area contributed by atoms with Crippen LogP contribution in [0.5, 0.6) is 11.5 Å². The SMILES string of the molecule is O=C(/C=C/c1ccccc1OC(F)(F)F)c1ccc(O)cc1. The number of ketones is 1. The fraction of sp³-hybridized carbons (Fsp3) is 0.0625. The molecule has 0 atom stereocenters. The van der Waals surface area contributed by atoms with Crippen LogP contribution in [-0.2, 0) is 0 Å². The van der Waals surface area contributed by atoms with Crippen LogP contribution in [0.25, 0.3) is 6.08 Å². The van der Waals surface area contributed by atoms with Gasteiger partial charge >= 0.3 is 6.36 Å². The van der Waals surface area contributed by atoms with E-state index < -0.39 is 12.1 Å². The highest BCUT2D eigenvalue weighted by atomic mass is 19.4. The van der Waals surface area contributed by atoms with Gasteiger partial charge in [0, 0.05) is 11.1 Å². The number of aromatic hydroxyl groups is 1. The molecule has 114 valence electrons. The van der Waals surface area contributed by atoms with Crippen molar-refractivity contribution in [2.24, 2.45) is 0 Å². The number of carbonyl (C=O) groups is 1. The van der Waals surface area contributed by atoms with E-state index in [1.807, 2.05) is 0 Å². The van der Waals surface area contributed by atoms with Crippen LogP contribution in [0.1, 0.15) is 15.9 Å². The number of para-hydroxylation sites is 1. The summed E-state index contributed by atoms with van der Waals surface area (Å²) in [5.74, 6) is -0.768. The third kappa shape index (κ3) is 4.37. The molecule has 2 aromatic carbocycles. The van der Waals surface area contributed by atoms with Gasteiger partial charge in [-0.3, -0.25) is 4.79 Å². The number of benzene rings is 2. The number of hydrogen-bond donors (Lipinski definition) is 1. The highest BCUT2D eigenvalue weighted by molar-refractivity contribution is 6.07. The topological polar surface area (TPSA) is 46.5 Å². The van der Waals surface area contributed by atoms with Gasteiger partial charge in [0.25, 0.3) is 0 Å². The van der Waals surface area contributed by atoms with E-state index in [9.17, 15) is 18.0 Å². The number of phenolic OH excluding ortho intramolecular Hbond substituents is 1. The fourth-order valence-electron chi connectivity index (χ4n) is 1.72. The van der Waals surface area contributed by atoms with Crippen LogP contribution < -0.4 is 4.74 Å². The van der Waals surface area contributed by atoms with E-state index in [-0.39, 0.29) is 17.1 Å². The smallest absolute Gasteiger partial charge is 0.508 e. The first-order valence-electron chi connectivity index (χ1n) is 6.21. The Morgan fingerprint density at radius 3 is 2.32 bits per heavy atom. The van der Waals surface area contributed by atoms with Crippen molar-refractivity contribution < 1.29 is 27.8 Å². The molecule has 2 aromatic rings. The molecule has 22 heavy (non-hydrogen) atoms. The number of ether oxygens (including phenoxy) is 1. The lowest BCUT2D eigenvalue weighted by molar-refractivity contribution is -0.274. The van der Waals surface area contributed by atoms with Crippen LogP contribution in [0.4, 0.5) is 13.2 Å². The number of alkyl halides is 3. The number of allylic oxidation sites excluding steroid dienone is 1. The molecule has 0 bridgehead atoms. The average Bonchev–Trinajstić information content (AvgIpc) is 2.45. The molecule has 0 spiro atoms. The molecule has 0 amide bonds. The minimum atomic E-state index is -4.80. The van der Waals surface area contributed by atoms with Crippen LogP contribution in [-0.4, -0.2) is 17.3 Å². The molecule has 6 heteroatoms. The van der Waals surface area contributed by atoms with Crippen molar-refractivity contribution in [2.75, 3.05) is 0 Å². The Kier molecular flexibility index (Phi) is 4.50. The summed E-state index contributed by atoms with van der Waals surface area (Å²) in [6.07, 6.45) is -2.41. The molecular weight excluding hydrogens is 297 g/mol. The maximum Gasteiger partial charge on any atom is 0.573 e. The summed E-state index contributed by atoms with van der Waals surface area (Å²) in [5.41, 5.74) is 0.440. The Hall–Kier alpha value is -2.76. The zero-order chi connectivity index (χ0) is 16.2. The average molecular weight is 308 g/mol. The van der Waals surface area contributed by atoms with E-state index in [0.717, 1.165) is 12.1 Å². The summed E-state index contributed by atoms with van der Waals surface area (Å²) in [5, 5.41) is 9.14. The van der Waals surface area contributed by atoms with Crippen molar-refractivity contribution in [1.29, 1.82) is 0 Å². The van der Waals surface area contributed by atoms with E-state index in [0.29, 0.717) is 5.56 Å². The lowest BCUT2D eigenvalue weighted by atomic mass is 10.1. The van der Waals surface area contributed by atoms with Gasteiger partial charge in [0.15, 0.2) is 5.78 Å². The quantitative estimate of drug-likeness (QED) is 0.680. The van der Waals surface area contributed by atoms with E-state index in [1.165, 1.54) is 48.5 Å². The Morgan fingerprint density at radius 1 is 1.05 bits per heavy atom. The minimum Gasteiger partial charge on any atom is -0.508 e. The molecule has 0 saturated carbocycles. The molecule has 2 rings (SSSR count). The Bertz CT molecular complexity index is 689. The van der Waals surface area contributed by atoms with Crippen LogP contribution in [0.2, 0.25) is 0 Å². The lowest BCUT2D eigenvalue weighted by Gasteiger charge is -2.10. The Balaban J connectivity index is 2.19. The summed E-state index contributed by atoms with van der Waals surface area (Å²) < 4.78 is 40.7. The third-order valence-electron chi connectivity index (χ3n) is 2.71. The standard InChI is InChI=1S/C16H11F3O3/c17-16(18,19)22-15-4-2-1-3-12(15)7-10-14(21)11-5-8-13(20)9-6-11/h1-10,20H/b10-7+.